The highest BCUT2D eigenvalue weighted by molar-refractivity contribution is 7.99. The molecule has 50 heavy (non-hydrogen) atoms. The fourth-order valence-corrected chi connectivity index (χ4v) is 9.23. The third-order valence-corrected chi connectivity index (χ3v) is 11.2. The van der Waals surface area contributed by atoms with Gasteiger partial charge in [0.25, 0.3) is 0 Å². The molecule has 0 unspecified atom stereocenters. The van der Waals surface area contributed by atoms with Gasteiger partial charge >= 0.3 is 0 Å². The Morgan fingerprint density at radius 1 is 0.400 bits per heavy atom. The highest BCUT2D eigenvalue weighted by Crippen LogP contribution is 2.63. The topological polar surface area (TPSA) is 38.7 Å². The van der Waals surface area contributed by atoms with E-state index in [2.05, 4.69) is 132 Å². The zero-order valence-corrected chi connectivity index (χ0v) is 27.8. The van der Waals surface area contributed by atoms with Crippen LogP contribution >= 0.6 is 11.8 Å². The Labute approximate surface area is 295 Å². The van der Waals surface area contributed by atoms with Crippen LogP contribution in [0.1, 0.15) is 22.3 Å². The van der Waals surface area contributed by atoms with Gasteiger partial charge in [-0.1, -0.05) is 151 Å². The highest BCUT2D eigenvalue weighted by atomic mass is 32.2. The lowest BCUT2D eigenvalue weighted by atomic mass is 9.67. The molecule has 2 aromatic heterocycles. The Hall–Kier alpha value is -6.10. The van der Waals surface area contributed by atoms with Crippen LogP contribution in [-0.2, 0) is 5.41 Å². The van der Waals surface area contributed by atoms with E-state index in [1.165, 1.54) is 48.7 Å². The summed E-state index contributed by atoms with van der Waals surface area (Å²) in [5.74, 6) is 0.673. The summed E-state index contributed by atoms with van der Waals surface area (Å²) in [4.78, 5) is 17.4. The minimum atomic E-state index is -0.414. The van der Waals surface area contributed by atoms with Crippen LogP contribution in [0.5, 0.6) is 0 Å². The number of benzene rings is 6. The van der Waals surface area contributed by atoms with Crippen molar-refractivity contribution in [3.63, 3.8) is 0 Å². The molecular weight excluding hydrogens is 627 g/mol. The first-order valence-electron chi connectivity index (χ1n) is 16.9. The molecule has 0 saturated carbocycles. The molecule has 10 rings (SSSR count). The summed E-state index contributed by atoms with van der Waals surface area (Å²) in [7, 11) is 0. The second-order valence-corrected chi connectivity index (χ2v) is 13.8. The van der Waals surface area contributed by atoms with Gasteiger partial charge in [-0.3, -0.25) is 4.98 Å². The summed E-state index contributed by atoms with van der Waals surface area (Å²) in [5, 5.41) is 0. The lowest BCUT2D eigenvalue weighted by molar-refractivity contribution is 0.723. The molecule has 1 aliphatic heterocycles. The molecule has 3 heterocycles. The van der Waals surface area contributed by atoms with Gasteiger partial charge in [-0.2, -0.15) is 0 Å². The SMILES string of the molecule is c1ccc(-c2cc(-c3ccccn3)nc(-c3cccc(-c4cccc5c4Sc4ccccc4C54c5ccccc5-c5ccccc54)c3)n2)cc1. The lowest BCUT2D eigenvalue weighted by Crippen LogP contribution is -2.32. The van der Waals surface area contributed by atoms with Crippen molar-refractivity contribution in [3.05, 3.63) is 198 Å². The van der Waals surface area contributed by atoms with Crippen LogP contribution in [0.2, 0.25) is 0 Å². The molecule has 8 aromatic rings. The number of fused-ring (bicyclic) bond motifs is 9. The number of rotatable bonds is 4. The molecule has 0 fully saturated rings. The number of hydrogen-bond acceptors (Lipinski definition) is 4. The third-order valence-electron chi connectivity index (χ3n) is 10.0. The van der Waals surface area contributed by atoms with E-state index in [4.69, 9.17) is 9.97 Å². The van der Waals surface area contributed by atoms with Crippen LogP contribution in [0.15, 0.2) is 186 Å². The van der Waals surface area contributed by atoms with Gasteiger partial charge in [0.2, 0.25) is 0 Å². The van der Waals surface area contributed by atoms with E-state index < -0.39 is 5.41 Å². The Bertz CT molecular complexity index is 2480. The van der Waals surface area contributed by atoms with Gasteiger partial charge in [-0.15, -0.1) is 0 Å². The van der Waals surface area contributed by atoms with Crippen molar-refractivity contribution in [1.82, 2.24) is 15.0 Å². The predicted molar refractivity (Wildman–Crippen MR) is 203 cm³/mol. The molecule has 0 radical (unpaired) electrons. The maximum absolute atomic E-state index is 5.12. The molecule has 0 N–H and O–H groups in total. The van der Waals surface area contributed by atoms with E-state index in [9.17, 15) is 0 Å². The molecular formula is C46H29N3S. The van der Waals surface area contributed by atoms with Crippen LogP contribution in [-0.4, -0.2) is 15.0 Å². The number of nitrogens with zero attached hydrogens (tertiary/aromatic N) is 3. The molecule has 0 atom stereocenters. The molecule has 4 heteroatoms. The molecule has 3 nitrogen and oxygen atoms in total. The first-order valence-corrected chi connectivity index (χ1v) is 17.7. The fourth-order valence-electron chi connectivity index (χ4n) is 7.91. The Morgan fingerprint density at radius 3 is 1.78 bits per heavy atom. The van der Waals surface area contributed by atoms with E-state index in [-0.39, 0.29) is 0 Å². The minimum Gasteiger partial charge on any atom is -0.255 e. The number of pyridine rings is 1. The lowest BCUT2D eigenvalue weighted by Gasteiger charge is -2.40. The van der Waals surface area contributed by atoms with Gasteiger partial charge in [0.15, 0.2) is 5.82 Å². The zero-order valence-electron chi connectivity index (χ0n) is 27.0. The van der Waals surface area contributed by atoms with Gasteiger partial charge < -0.3 is 0 Å². The molecule has 6 aromatic carbocycles. The van der Waals surface area contributed by atoms with Crippen molar-refractivity contribution in [2.45, 2.75) is 15.2 Å². The molecule has 0 bridgehead atoms. The Kier molecular flexibility index (Phi) is 6.64. The first-order chi connectivity index (χ1) is 24.8. The van der Waals surface area contributed by atoms with Crippen LogP contribution < -0.4 is 0 Å². The molecule has 2 aliphatic rings. The van der Waals surface area contributed by atoms with Crippen LogP contribution in [0.25, 0.3) is 56.3 Å². The second kappa shape index (κ2) is 11.5. The molecule has 1 aliphatic carbocycles. The Balaban J connectivity index is 1.18. The van der Waals surface area contributed by atoms with Crippen molar-refractivity contribution >= 4 is 11.8 Å². The van der Waals surface area contributed by atoms with E-state index in [0.717, 1.165) is 33.8 Å². The molecule has 234 valence electrons. The summed E-state index contributed by atoms with van der Waals surface area (Å²) in [6, 6.07) is 60.6. The maximum Gasteiger partial charge on any atom is 0.160 e. The van der Waals surface area contributed by atoms with Crippen molar-refractivity contribution in [3.8, 4) is 56.3 Å². The van der Waals surface area contributed by atoms with Crippen molar-refractivity contribution in [2.24, 2.45) is 0 Å². The van der Waals surface area contributed by atoms with E-state index in [1.807, 2.05) is 60.4 Å². The van der Waals surface area contributed by atoms with Gasteiger partial charge in [-0.05, 0) is 74.8 Å². The third kappa shape index (κ3) is 4.35. The Morgan fingerprint density at radius 2 is 1.00 bits per heavy atom. The van der Waals surface area contributed by atoms with Crippen molar-refractivity contribution < 1.29 is 0 Å². The quantitative estimate of drug-likeness (QED) is 0.189. The smallest absolute Gasteiger partial charge is 0.160 e. The standard InChI is InChI=1S/C46H29N3S/c1-2-14-30(15-3-1)41-29-42(40-25-10-11-27-47-40)49-45(48-41)32-17-12-16-31(28-32)33-20-13-24-39-44(33)50-43-26-9-8-23-38(43)46(39)36-21-6-4-18-34(36)35-19-5-7-22-37(35)46/h1-29H. The van der Waals surface area contributed by atoms with E-state index in [1.54, 1.807) is 0 Å². The predicted octanol–water partition coefficient (Wildman–Crippen LogP) is 11.4. The molecule has 1 spiro atoms. The zero-order chi connectivity index (χ0) is 33.1. The summed E-state index contributed by atoms with van der Waals surface area (Å²) in [5.41, 5.74) is 14.4. The molecule has 0 saturated heterocycles. The van der Waals surface area contributed by atoms with E-state index in [0.29, 0.717) is 5.82 Å². The minimum absolute atomic E-state index is 0.414. The van der Waals surface area contributed by atoms with Crippen LogP contribution in [0.3, 0.4) is 0 Å². The average Bonchev–Trinajstić information content (AvgIpc) is 3.49. The summed E-state index contributed by atoms with van der Waals surface area (Å²) in [6.07, 6.45) is 1.81. The largest absolute Gasteiger partial charge is 0.255 e. The average molecular weight is 656 g/mol. The van der Waals surface area contributed by atoms with E-state index >= 15 is 0 Å². The normalized spacial score (nSPS) is 13.3. The molecule has 0 amide bonds. The van der Waals surface area contributed by atoms with Gasteiger partial charge in [-0.25, -0.2) is 9.97 Å². The maximum atomic E-state index is 5.12. The first kappa shape index (κ1) is 28.9. The summed E-state index contributed by atoms with van der Waals surface area (Å²) >= 11 is 1.88. The van der Waals surface area contributed by atoms with Gasteiger partial charge in [0.05, 0.1) is 22.5 Å². The van der Waals surface area contributed by atoms with Gasteiger partial charge in [0, 0.05) is 27.1 Å². The summed E-state index contributed by atoms with van der Waals surface area (Å²) in [6.45, 7) is 0. The highest BCUT2D eigenvalue weighted by Gasteiger charge is 2.50. The van der Waals surface area contributed by atoms with Crippen molar-refractivity contribution in [2.75, 3.05) is 0 Å². The fraction of sp³-hybridized carbons (Fsp3) is 0.0217. The van der Waals surface area contributed by atoms with Crippen molar-refractivity contribution in [1.29, 1.82) is 0 Å². The number of aromatic nitrogens is 3. The second-order valence-electron chi connectivity index (χ2n) is 12.7. The number of hydrogen-bond donors (Lipinski definition) is 0. The monoisotopic (exact) mass is 655 g/mol. The van der Waals surface area contributed by atoms with Crippen LogP contribution in [0.4, 0.5) is 0 Å². The summed E-state index contributed by atoms with van der Waals surface area (Å²) < 4.78 is 0. The van der Waals surface area contributed by atoms with Gasteiger partial charge in [0.1, 0.15) is 0 Å². The van der Waals surface area contributed by atoms with Crippen LogP contribution in [0, 0.1) is 0 Å².